The number of carbonyl (C=O) groups excluding carboxylic acids is 1. The molecule has 1 aromatic carbocycles. The van der Waals surface area contributed by atoms with E-state index in [1.807, 2.05) is 0 Å². The van der Waals surface area contributed by atoms with Crippen molar-refractivity contribution in [2.45, 2.75) is 0 Å². The van der Waals surface area contributed by atoms with Crippen molar-refractivity contribution < 1.29 is 24.1 Å². The van der Waals surface area contributed by atoms with Crippen molar-refractivity contribution >= 4 is 18.5 Å². The third-order valence-electron chi connectivity index (χ3n) is 2.09. The summed E-state index contributed by atoms with van der Waals surface area (Å²) >= 11 is 0. The Bertz CT molecular complexity index is 399. The SMILES string of the molecule is CON(C)C(=O)c1ccc(B(O)O)c(F)c1. The molecule has 7 heteroatoms. The number of hydroxylamine groups is 2. The monoisotopic (exact) mass is 227 g/mol. The van der Waals surface area contributed by atoms with E-state index in [9.17, 15) is 9.18 Å². The molecule has 0 aliphatic heterocycles. The fourth-order valence-corrected chi connectivity index (χ4v) is 1.13. The molecule has 0 aromatic heterocycles. The summed E-state index contributed by atoms with van der Waals surface area (Å²) in [5.41, 5.74) is -0.220. The van der Waals surface area contributed by atoms with Crippen LogP contribution in [0.1, 0.15) is 10.4 Å². The highest BCUT2D eigenvalue weighted by Crippen LogP contribution is 2.05. The molecule has 0 bridgehead atoms. The van der Waals surface area contributed by atoms with Crippen molar-refractivity contribution in [2.75, 3.05) is 14.2 Å². The van der Waals surface area contributed by atoms with Gasteiger partial charge in [-0.2, -0.15) is 0 Å². The van der Waals surface area contributed by atoms with E-state index >= 15 is 0 Å². The van der Waals surface area contributed by atoms with Crippen LogP contribution in [0.4, 0.5) is 4.39 Å². The minimum Gasteiger partial charge on any atom is -0.423 e. The van der Waals surface area contributed by atoms with Gasteiger partial charge in [0.25, 0.3) is 5.91 Å². The highest BCUT2D eigenvalue weighted by molar-refractivity contribution is 6.58. The zero-order chi connectivity index (χ0) is 12.3. The fourth-order valence-electron chi connectivity index (χ4n) is 1.13. The van der Waals surface area contributed by atoms with Crippen LogP contribution in [0.25, 0.3) is 0 Å². The molecule has 1 amide bonds. The smallest absolute Gasteiger partial charge is 0.423 e. The predicted octanol–water partition coefficient (Wildman–Crippen LogP) is -0.861. The normalized spacial score (nSPS) is 10.1. The molecule has 86 valence electrons. The second-order valence-electron chi connectivity index (χ2n) is 3.10. The van der Waals surface area contributed by atoms with Gasteiger partial charge in [-0.25, -0.2) is 9.45 Å². The zero-order valence-corrected chi connectivity index (χ0v) is 8.85. The molecule has 1 rings (SSSR count). The molecule has 0 unspecified atom stereocenters. The van der Waals surface area contributed by atoms with Crippen LogP contribution in [0.3, 0.4) is 0 Å². The Morgan fingerprint density at radius 1 is 1.50 bits per heavy atom. The Kier molecular flexibility index (Phi) is 4.00. The van der Waals surface area contributed by atoms with Gasteiger partial charge in [-0.05, 0) is 12.1 Å². The van der Waals surface area contributed by atoms with Crippen molar-refractivity contribution in [2.24, 2.45) is 0 Å². The van der Waals surface area contributed by atoms with Gasteiger partial charge in [0.15, 0.2) is 0 Å². The van der Waals surface area contributed by atoms with Crippen LogP contribution >= 0.6 is 0 Å². The Labute approximate surface area is 92.2 Å². The topological polar surface area (TPSA) is 70.0 Å². The number of rotatable bonds is 3. The third kappa shape index (κ3) is 2.57. The van der Waals surface area contributed by atoms with E-state index in [2.05, 4.69) is 4.84 Å². The summed E-state index contributed by atoms with van der Waals surface area (Å²) in [7, 11) is 0.791. The van der Waals surface area contributed by atoms with Gasteiger partial charge < -0.3 is 10.0 Å². The second kappa shape index (κ2) is 5.06. The fraction of sp³-hybridized carbons (Fsp3) is 0.222. The van der Waals surface area contributed by atoms with Gasteiger partial charge in [-0.15, -0.1) is 0 Å². The van der Waals surface area contributed by atoms with Crippen LogP contribution in [-0.2, 0) is 4.84 Å². The van der Waals surface area contributed by atoms with Crippen LogP contribution in [-0.4, -0.2) is 42.3 Å². The Balaban J connectivity index is 3.02. The first-order chi connectivity index (χ1) is 7.47. The number of amides is 1. The van der Waals surface area contributed by atoms with Crippen LogP contribution in [0.5, 0.6) is 0 Å². The minimum atomic E-state index is -1.90. The van der Waals surface area contributed by atoms with Crippen LogP contribution in [0.15, 0.2) is 18.2 Å². The van der Waals surface area contributed by atoms with Gasteiger partial charge in [-0.3, -0.25) is 9.63 Å². The van der Waals surface area contributed by atoms with Crippen LogP contribution in [0.2, 0.25) is 0 Å². The molecule has 0 aliphatic rings. The van der Waals surface area contributed by atoms with Crippen molar-refractivity contribution in [3.05, 3.63) is 29.6 Å². The van der Waals surface area contributed by atoms with E-state index < -0.39 is 18.8 Å². The Morgan fingerprint density at radius 3 is 2.56 bits per heavy atom. The third-order valence-corrected chi connectivity index (χ3v) is 2.09. The number of hydrogen-bond donors (Lipinski definition) is 2. The average Bonchev–Trinajstić information content (AvgIpc) is 2.26. The van der Waals surface area contributed by atoms with Gasteiger partial charge in [0.05, 0.1) is 7.11 Å². The van der Waals surface area contributed by atoms with Crippen LogP contribution in [0, 0.1) is 5.82 Å². The minimum absolute atomic E-state index is 0.0613. The molecule has 0 saturated heterocycles. The summed E-state index contributed by atoms with van der Waals surface area (Å²) in [5.74, 6) is -1.38. The van der Waals surface area contributed by atoms with Crippen molar-refractivity contribution in [3.8, 4) is 0 Å². The molecule has 0 heterocycles. The lowest BCUT2D eigenvalue weighted by atomic mass is 9.79. The molecule has 5 nitrogen and oxygen atoms in total. The summed E-state index contributed by atoms with van der Waals surface area (Å²) in [5, 5.41) is 18.5. The molecule has 0 saturated carbocycles. The molecule has 0 spiro atoms. The molecular weight excluding hydrogens is 216 g/mol. The molecule has 0 aliphatic carbocycles. The maximum atomic E-state index is 13.3. The summed E-state index contributed by atoms with van der Waals surface area (Å²) in [6.07, 6.45) is 0. The first-order valence-corrected chi connectivity index (χ1v) is 4.45. The van der Waals surface area contributed by atoms with E-state index in [0.717, 1.165) is 17.2 Å². The van der Waals surface area contributed by atoms with E-state index in [4.69, 9.17) is 10.0 Å². The molecule has 0 radical (unpaired) electrons. The zero-order valence-electron chi connectivity index (χ0n) is 8.85. The molecule has 0 fully saturated rings. The van der Waals surface area contributed by atoms with E-state index in [1.54, 1.807) is 0 Å². The highest BCUT2D eigenvalue weighted by Gasteiger charge is 2.19. The van der Waals surface area contributed by atoms with Gasteiger partial charge in [-0.1, -0.05) is 6.07 Å². The Morgan fingerprint density at radius 2 is 2.12 bits per heavy atom. The number of halogens is 1. The lowest BCUT2D eigenvalue weighted by Crippen LogP contribution is -2.33. The number of hydrogen-bond acceptors (Lipinski definition) is 4. The lowest BCUT2D eigenvalue weighted by Gasteiger charge is -2.13. The summed E-state index contributed by atoms with van der Waals surface area (Å²) in [6.45, 7) is 0. The number of nitrogens with zero attached hydrogens (tertiary/aromatic N) is 1. The number of carbonyl (C=O) groups is 1. The van der Waals surface area contributed by atoms with E-state index in [-0.39, 0.29) is 11.0 Å². The van der Waals surface area contributed by atoms with E-state index in [0.29, 0.717) is 0 Å². The van der Waals surface area contributed by atoms with Gasteiger partial charge in [0, 0.05) is 18.1 Å². The molecule has 2 N–H and O–H groups in total. The standard InChI is InChI=1S/C9H11BFNO4/c1-12(16-2)9(13)6-3-4-7(10(14)15)8(11)5-6/h3-5,14-15H,1-2H3. The van der Waals surface area contributed by atoms with Gasteiger partial charge in [0.2, 0.25) is 0 Å². The summed E-state index contributed by atoms with van der Waals surface area (Å²) in [6, 6.07) is 3.35. The quantitative estimate of drug-likeness (QED) is 0.520. The Hall–Kier alpha value is -1.44. The van der Waals surface area contributed by atoms with Gasteiger partial charge >= 0.3 is 7.12 Å². The van der Waals surface area contributed by atoms with Crippen molar-refractivity contribution in [1.82, 2.24) is 5.06 Å². The van der Waals surface area contributed by atoms with Gasteiger partial charge in [0.1, 0.15) is 5.82 Å². The van der Waals surface area contributed by atoms with E-state index in [1.165, 1.54) is 20.2 Å². The molecular formula is C9H11BFNO4. The van der Waals surface area contributed by atoms with Crippen molar-refractivity contribution in [1.29, 1.82) is 0 Å². The van der Waals surface area contributed by atoms with Crippen molar-refractivity contribution in [3.63, 3.8) is 0 Å². The molecule has 1 aromatic rings. The molecule has 16 heavy (non-hydrogen) atoms. The predicted molar refractivity (Wildman–Crippen MR) is 55.3 cm³/mol. The highest BCUT2D eigenvalue weighted by atomic mass is 19.1. The first kappa shape index (κ1) is 12.6. The number of benzene rings is 1. The maximum absolute atomic E-state index is 13.3. The largest absolute Gasteiger partial charge is 0.491 e. The summed E-state index contributed by atoms with van der Waals surface area (Å²) < 4.78 is 13.3. The second-order valence-corrected chi connectivity index (χ2v) is 3.10. The molecule has 0 atom stereocenters. The average molecular weight is 227 g/mol. The maximum Gasteiger partial charge on any atom is 0.491 e. The summed E-state index contributed by atoms with van der Waals surface area (Å²) in [4.78, 5) is 16.2. The first-order valence-electron chi connectivity index (χ1n) is 4.45. The lowest BCUT2D eigenvalue weighted by molar-refractivity contribution is -0.0757. The van der Waals surface area contributed by atoms with Crippen LogP contribution < -0.4 is 5.46 Å².